The Balaban J connectivity index is 2.36. The van der Waals surface area contributed by atoms with Gasteiger partial charge in [0.2, 0.25) is 0 Å². The smallest absolute Gasteiger partial charge is 0.126 e. The fourth-order valence-corrected chi connectivity index (χ4v) is 3.99. The topological polar surface area (TPSA) is 33.3 Å². The van der Waals surface area contributed by atoms with Gasteiger partial charge in [-0.1, -0.05) is 36.2 Å². The molecule has 1 aliphatic heterocycles. The van der Waals surface area contributed by atoms with Gasteiger partial charge in [-0.15, -0.1) is 0 Å². The van der Waals surface area contributed by atoms with Crippen molar-refractivity contribution in [2.45, 2.75) is 51.3 Å². The lowest BCUT2D eigenvalue weighted by Crippen LogP contribution is -2.35. The quantitative estimate of drug-likeness (QED) is 0.495. The third-order valence-corrected chi connectivity index (χ3v) is 5.72. The van der Waals surface area contributed by atoms with E-state index in [-0.39, 0.29) is 10.8 Å². The van der Waals surface area contributed by atoms with E-state index in [4.69, 9.17) is 16.3 Å². The van der Waals surface area contributed by atoms with Crippen LogP contribution in [-0.2, 0) is 0 Å². The summed E-state index contributed by atoms with van der Waals surface area (Å²) in [5.41, 5.74) is 2.29. The van der Waals surface area contributed by atoms with Gasteiger partial charge in [-0.2, -0.15) is 0 Å². The van der Waals surface area contributed by atoms with E-state index in [9.17, 15) is 0 Å². The monoisotopic (exact) mass is 382 g/mol. The second-order valence-electron chi connectivity index (χ2n) is 7.64. The van der Waals surface area contributed by atoms with Crippen LogP contribution in [0.1, 0.15) is 50.8 Å². The Bertz CT molecular complexity index is 580. The Kier molecular flexibility index (Phi) is 7.68. The molecule has 1 atom stereocenters. The summed E-state index contributed by atoms with van der Waals surface area (Å²) in [6.07, 6.45) is 4.09. The van der Waals surface area contributed by atoms with E-state index >= 15 is 0 Å². The van der Waals surface area contributed by atoms with Crippen LogP contribution in [0.15, 0.2) is 24.8 Å². The van der Waals surface area contributed by atoms with Crippen molar-refractivity contribution in [3.63, 3.8) is 0 Å². The van der Waals surface area contributed by atoms with Gasteiger partial charge in [-0.25, -0.2) is 0 Å². The second-order valence-corrected chi connectivity index (χ2v) is 9.71. The molecule has 0 radical (unpaired) electrons. The predicted molar refractivity (Wildman–Crippen MR) is 111 cm³/mol. The number of hydrogen-bond donors (Lipinski definition) is 2. The number of aryl methyl sites for hydroxylation is 1. The minimum atomic E-state index is 0.148. The molecule has 1 aliphatic rings. The van der Waals surface area contributed by atoms with Crippen LogP contribution < -0.4 is 14.8 Å². The van der Waals surface area contributed by atoms with Gasteiger partial charge in [0, 0.05) is 21.4 Å². The van der Waals surface area contributed by atoms with E-state index in [0.29, 0.717) is 12.5 Å². The van der Waals surface area contributed by atoms with Crippen molar-refractivity contribution in [1.82, 2.24) is 10.0 Å². The average Bonchev–Trinajstić information content (AvgIpc) is 2.56. The summed E-state index contributed by atoms with van der Waals surface area (Å²) < 4.78 is 9.86. The van der Waals surface area contributed by atoms with Gasteiger partial charge in [-0.3, -0.25) is 4.72 Å². The lowest BCUT2D eigenvalue weighted by atomic mass is 9.85. The fraction of sp³-hybridized carbons (Fsp3) is 0.600. The zero-order valence-corrected chi connectivity index (χ0v) is 17.4. The summed E-state index contributed by atoms with van der Waals surface area (Å²) in [5.74, 6) is 1.43. The maximum absolute atomic E-state index is 6.36. The zero-order valence-electron chi connectivity index (χ0n) is 15.8. The van der Waals surface area contributed by atoms with Crippen LogP contribution in [0.5, 0.6) is 5.75 Å². The molecular weight excluding hydrogens is 352 g/mol. The van der Waals surface area contributed by atoms with Gasteiger partial charge in [0.15, 0.2) is 0 Å². The fourth-order valence-electron chi connectivity index (χ4n) is 3.03. The summed E-state index contributed by atoms with van der Waals surface area (Å²) in [7, 11) is 0. The van der Waals surface area contributed by atoms with Crippen LogP contribution in [0.3, 0.4) is 0 Å². The van der Waals surface area contributed by atoms with Gasteiger partial charge in [0.25, 0.3) is 0 Å². The molecule has 0 bridgehead atoms. The summed E-state index contributed by atoms with van der Waals surface area (Å²) in [5, 5.41) is 4.21. The summed E-state index contributed by atoms with van der Waals surface area (Å²) >= 11 is 8.16. The Hall–Kier alpha value is -0.680. The van der Waals surface area contributed by atoms with Gasteiger partial charge in [-0.05, 0) is 77.2 Å². The van der Waals surface area contributed by atoms with E-state index < -0.39 is 0 Å². The largest absolute Gasteiger partial charge is 0.489 e. The van der Waals surface area contributed by atoms with Crippen LogP contribution in [-0.4, -0.2) is 24.4 Å². The molecule has 5 heteroatoms. The lowest BCUT2D eigenvalue weighted by molar-refractivity contribution is 0.297. The Morgan fingerprint density at radius 3 is 2.68 bits per heavy atom. The van der Waals surface area contributed by atoms with E-state index in [1.54, 1.807) is 18.0 Å². The van der Waals surface area contributed by atoms with Gasteiger partial charge < -0.3 is 10.1 Å². The zero-order chi connectivity index (χ0) is 18.4. The number of halogens is 1. The first-order valence-corrected chi connectivity index (χ1v) is 10.2. The standard InChI is InChI=1S/C20H31ClN2OS/c1-6-11-24-18-13-17(21)14(2)12-16(18)19(23-25-20(3,4)5)15-7-9-22-10-8-15/h6,12-13,15,19,22-23H,1,7-11H2,2-5H3. The molecule has 1 aromatic rings. The highest BCUT2D eigenvalue weighted by Crippen LogP contribution is 2.39. The molecule has 2 rings (SSSR count). The molecule has 2 N–H and O–H groups in total. The molecule has 3 nitrogen and oxygen atoms in total. The highest BCUT2D eigenvalue weighted by Gasteiger charge is 2.29. The van der Waals surface area contributed by atoms with Crippen LogP contribution in [0.2, 0.25) is 5.02 Å². The number of benzene rings is 1. The van der Waals surface area contributed by atoms with E-state index in [0.717, 1.165) is 42.3 Å². The average molecular weight is 383 g/mol. The van der Waals surface area contributed by atoms with Crippen LogP contribution in [0.25, 0.3) is 0 Å². The highest BCUT2D eigenvalue weighted by molar-refractivity contribution is 7.98. The number of piperidine rings is 1. The first-order chi connectivity index (χ1) is 11.8. The molecule has 1 unspecified atom stereocenters. The van der Waals surface area contributed by atoms with Gasteiger partial charge in [0.05, 0.1) is 0 Å². The highest BCUT2D eigenvalue weighted by atomic mass is 35.5. The van der Waals surface area contributed by atoms with Crippen molar-refractivity contribution in [1.29, 1.82) is 0 Å². The SMILES string of the molecule is C=CCOc1cc(Cl)c(C)cc1C(NSC(C)(C)C)C1CCNCC1. The van der Waals surface area contributed by atoms with E-state index in [1.807, 2.05) is 6.07 Å². The third kappa shape index (κ3) is 6.21. The Labute approximate surface area is 162 Å². The third-order valence-electron chi connectivity index (χ3n) is 4.33. The normalized spacial score (nSPS) is 17.3. The summed E-state index contributed by atoms with van der Waals surface area (Å²) in [6.45, 7) is 15.1. The molecule has 25 heavy (non-hydrogen) atoms. The molecule has 0 aliphatic carbocycles. The molecule has 140 valence electrons. The van der Waals surface area contributed by atoms with Crippen LogP contribution in [0, 0.1) is 12.8 Å². The maximum atomic E-state index is 6.36. The van der Waals surface area contributed by atoms with Crippen LogP contribution in [0.4, 0.5) is 0 Å². The number of ether oxygens (including phenoxy) is 1. The molecule has 0 saturated carbocycles. The van der Waals surface area contributed by atoms with E-state index in [1.165, 1.54) is 5.56 Å². The maximum Gasteiger partial charge on any atom is 0.126 e. The molecule has 1 aromatic carbocycles. The number of rotatable bonds is 7. The second kappa shape index (κ2) is 9.31. The van der Waals surface area contributed by atoms with Crippen molar-refractivity contribution in [3.8, 4) is 5.75 Å². The lowest BCUT2D eigenvalue weighted by Gasteiger charge is -2.34. The van der Waals surface area contributed by atoms with Crippen molar-refractivity contribution in [2.24, 2.45) is 5.92 Å². The first-order valence-electron chi connectivity index (χ1n) is 9.00. The summed E-state index contributed by atoms with van der Waals surface area (Å²) in [4.78, 5) is 0. The molecular formula is C20H31ClN2OS. The van der Waals surface area contributed by atoms with Crippen molar-refractivity contribution < 1.29 is 4.74 Å². The molecule has 1 heterocycles. The predicted octanol–water partition coefficient (Wildman–Crippen LogP) is 5.29. The molecule has 0 aromatic heterocycles. The minimum absolute atomic E-state index is 0.148. The van der Waals surface area contributed by atoms with Gasteiger partial charge in [0.1, 0.15) is 12.4 Å². The van der Waals surface area contributed by atoms with Gasteiger partial charge >= 0.3 is 0 Å². The van der Waals surface area contributed by atoms with Crippen molar-refractivity contribution in [3.05, 3.63) is 40.9 Å². The number of hydrogen-bond acceptors (Lipinski definition) is 4. The van der Waals surface area contributed by atoms with Crippen molar-refractivity contribution >= 4 is 23.5 Å². The Morgan fingerprint density at radius 1 is 1.40 bits per heavy atom. The molecule has 1 fully saturated rings. The molecule has 1 saturated heterocycles. The number of nitrogens with one attached hydrogen (secondary N) is 2. The summed E-state index contributed by atoms with van der Waals surface area (Å²) in [6, 6.07) is 4.37. The minimum Gasteiger partial charge on any atom is -0.489 e. The first kappa shape index (κ1) is 20.6. The van der Waals surface area contributed by atoms with Crippen LogP contribution >= 0.6 is 23.5 Å². The molecule has 0 amide bonds. The Morgan fingerprint density at radius 2 is 2.08 bits per heavy atom. The van der Waals surface area contributed by atoms with E-state index in [2.05, 4.69) is 50.4 Å². The van der Waals surface area contributed by atoms with Crippen molar-refractivity contribution in [2.75, 3.05) is 19.7 Å². The molecule has 0 spiro atoms.